The van der Waals surface area contributed by atoms with Crippen LogP contribution in [0, 0.1) is 0 Å². The predicted molar refractivity (Wildman–Crippen MR) is 106 cm³/mol. The third-order valence-electron chi connectivity index (χ3n) is 4.02. The summed E-state index contributed by atoms with van der Waals surface area (Å²) < 4.78 is 7.58. The highest BCUT2D eigenvalue weighted by Gasteiger charge is 2.03. The van der Waals surface area contributed by atoms with Gasteiger partial charge in [0.15, 0.2) is 0 Å². The van der Waals surface area contributed by atoms with Gasteiger partial charge in [-0.3, -0.25) is 0 Å². The van der Waals surface area contributed by atoms with Crippen molar-refractivity contribution >= 4 is 23.3 Å². The van der Waals surface area contributed by atoms with Crippen molar-refractivity contribution in [2.45, 2.75) is 19.3 Å². The number of hydrogen-bond acceptors (Lipinski definition) is 3. The van der Waals surface area contributed by atoms with Crippen LogP contribution in [0.3, 0.4) is 0 Å². The molecule has 0 saturated carbocycles. The fourth-order valence-electron chi connectivity index (χ4n) is 2.62. The topological polar surface area (TPSA) is 67.7 Å². The fraction of sp³-hybridized carbons (Fsp3) is 0.300. The molecule has 3 rings (SSSR count). The first-order chi connectivity index (χ1) is 13.2. The Labute approximate surface area is 163 Å². The molecule has 6 nitrogen and oxygen atoms in total. The minimum Gasteiger partial charge on any atom is -0.494 e. The normalized spacial score (nSPS) is 10.7. The van der Waals surface area contributed by atoms with Crippen molar-refractivity contribution in [1.29, 1.82) is 0 Å². The van der Waals surface area contributed by atoms with E-state index < -0.39 is 0 Å². The van der Waals surface area contributed by atoms with Crippen molar-refractivity contribution in [2.75, 3.05) is 19.7 Å². The van der Waals surface area contributed by atoms with E-state index in [-0.39, 0.29) is 6.03 Å². The van der Waals surface area contributed by atoms with Crippen molar-refractivity contribution in [2.24, 2.45) is 0 Å². The number of imidazole rings is 1. The maximum Gasteiger partial charge on any atom is 0.314 e. The molecule has 1 aromatic carbocycles. The lowest BCUT2D eigenvalue weighted by atomic mass is 10.3. The molecule has 0 fully saturated rings. The molecule has 0 aliphatic heterocycles. The van der Waals surface area contributed by atoms with Crippen molar-refractivity contribution < 1.29 is 9.53 Å². The molecule has 142 valence electrons. The first-order valence-corrected chi connectivity index (χ1v) is 9.41. The molecule has 2 aromatic heterocycles. The molecular weight excluding hydrogens is 364 g/mol. The molecule has 0 aliphatic carbocycles. The van der Waals surface area contributed by atoms with Crippen LogP contribution in [0.2, 0.25) is 5.02 Å². The first-order valence-electron chi connectivity index (χ1n) is 9.03. The van der Waals surface area contributed by atoms with Gasteiger partial charge in [0.05, 0.1) is 12.3 Å². The van der Waals surface area contributed by atoms with Crippen LogP contribution in [0.5, 0.6) is 5.75 Å². The van der Waals surface area contributed by atoms with Gasteiger partial charge in [-0.05, 0) is 49.2 Å². The van der Waals surface area contributed by atoms with E-state index in [2.05, 4.69) is 15.6 Å². The molecule has 0 spiro atoms. The molecule has 0 saturated heterocycles. The van der Waals surface area contributed by atoms with Crippen LogP contribution in [0.15, 0.2) is 54.9 Å². The number of benzene rings is 1. The number of amides is 2. The van der Waals surface area contributed by atoms with Gasteiger partial charge < -0.3 is 19.8 Å². The summed E-state index contributed by atoms with van der Waals surface area (Å²) in [5, 5.41) is 6.40. The van der Waals surface area contributed by atoms with Gasteiger partial charge in [0.2, 0.25) is 0 Å². The van der Waals surface area contributed by atoms with Crippen LogP contribution in [0.1, 0.15) is 18.5 Å². The number of unbranched alkanes of at least 4 members (excludes halogenated alkanes) is 1. The molecule has 0 bridgehead atoms. The maximum absolute atomic E-state index is 11.8. The number of nitrogens with zero attached hydrogens (tertiary/aromatic N) is 2. The zero-order valence-corrected chi connectivity index (χ0v) is 15.8. The molecule has 7 heteroatoms. The molecule has 2 N–H and O–H groups in total. The highest BCUT2D eigenvalue weighted by Crippen LogP contribution is 2.15. The average molecular weight is 387 g/mol. The van der Waals surface area contributed by atoms with Crippen molar-refractivity contribution in [3.05, 3.63) is 65.6 Å². The Morgan fingerprint density at radius 3 is 2.70 bits per heavy atom. The van der Waals surface area contributed by atoms with E-state index >= 15 is 0 Å². The van der Waals surface area contributed by atoms with Gasteiger partial charge in [0.25, 0.3) is 0 Å². The summed E-state index contributed by atoms with van der Waals surface area (Å²) >= 11 is 5.83. The monoisotopic (exact) mass is 386 g/mol. The number of ether oxygens (including phenoxy) is 1. The Morgan fingerprint density at radius 2 is 1.89 bits per heavy atom. The molecular formula is C20H23ClN4O2. The van der Waals surface area contributed by atoms with Crippen molar-refractivity contribution in [3.8, 4) is 5.75 Å². The summed E-state index contributed by atoms with van der Waals surface area (Å²) in [5.74, 6) is 0.803. The molecule has 0 radical (unpaired) electrons. The molecule has 2 heterocycles. The Morgan fingerprint density at radius 1 is 1.07 bits per heavy atom. The average Bonchev–Trinajstić information content (AvgIpc) is 3.09. The van der Waals surface area contributed by atoms with E-state index in [1.807, 2.05) is 47.1 Å². The second kappa shape index (κ2) is 9.83. The van der Waals surface area contributed by atoms with Gasteiger partial charge in [0, 0.05) is 36.9 Å². The second-order valence-electron chi connectivity index (χ2n) is 6.14. The van der Waals surface area contributed by atoms with E-state index in [1.54, 1.807) is 12.1 Å². The number of nitrogens with one attached hydrogen (secondary N) is 2. The Hall–Kier alpha value is -2.73. The van der Waals surface area contributed by atoms with Crippen molar-refractivity contribution in [3.63, 3.8) is 0 Å². The first kappa shape index (κ1) is 19.0. The molecule has 0 aliphatic rings. The molecule has 2 amide bonds. The van der Waals surface area contributed by atoms with Gasteiger partial charge >= 0.3 is 6.03 Å². The number of fused-ring (bicyclic) bond motifs is 1. The number of aromatic nitrogens is 2. The van der Waals surface area contributed by atoms with Gasteiger partial charge in [-0.1, -0.05) is 17.7 Å². The van der Waals surface area contributed by atoms with Crippen LogP contribution < -0.4 is 15.4 Å². The molecule has 0 atom stereocenters. The predicted octanol–water partition coefficient (Wildman–Crippen LogP) is 3.69. The van der Waals surface area contributed by atoms with Crippen LogP contribution >= 0.6 is 11.6 Å². The smallest absolute Gasteiger partial charge is 0.314 e. The minimum absolute atomic E-state index is 0.155. The summed E-state index contributed by atoms with van der Waals surface area (Å²) in [6, 6.07) is 13.0. The van der Waals surface area contributed by atoms with E-state index in [1.165, 1.54) is 0 Å². The zero-order chi connectivity index (χ0) is 18.9. The van der Waals surface area contributed by atoms with Gasteiger partial charge in [0.1, 0.15) is 11.4 Å². The zero-order valence-electron chi connectivity index (χ0n) is 15.0. The van der Waals surface area contributed by atoms with Crippen LogP contribution in [0.4, 0.5) is 4.79 Å². The number of halogens is 1. The molecule has 27 heavy (non-hydrogen) atoms. The van der Waals surface area contributed by atoms with E-state index in [9.17, 15) is 4.79 Å². The van der Waals surface area contributed by atoms with Gasteiger partial charge in [-0.2, -0.15) is 0 Å². The standard InChI is InChI=1S/C20H23ClN4O2/c21-16-6-8-18(9-7-16)27-14-4-2-11-22-20(26)23-12-10-17-15-25-13-3-1-5-19(25)24-17/h1,3,5-9,13,15H,2,4,10-12,14H2,(H2,22,23,26). The second-order valence-corrected chi connectivity index (χ2v) is 6.58. The van der Waals surface area contributed by atoms with E-state index in [0.717, 1.165) is 29.9 Å². The van der Waals surface area contributed by atoms with Crippen LogP contribution in [-0.4, -0.2) is 35.1 Å². The van der Waals surface area contributed by atoms with Crippen LogP contribution in [0.25, 0.3) is 5.65 Å². The SMILES string of the molecule is O=C(NCCCCOc1ccc(Cl)cc1)NCCc1cn2ccccc2n1. The fourth-order valence-corrected chi connectivity index (χ4v) is 2.75. The summed E-state index contributed by atoms with van der Waals surface area (Å²) in [6.45, 7) is 1.78. The summed E-state index contributed by atoms with van der Waals surface area (Å²) in [6.07, 6.45) is 6.36. The number of carbonyl (C=O) groups excluding carboxylic acids is 1. The van der Waals surface area contributed by atoms with E-state index in [0.29, 0.717) is 31.1 Å². The number of hydrogen-bond donors (Lipinski definition) is 2. The molecule has 3 aromatic rings. The number of pyridine rings is 1. The quantitative estimate of drug-likeness (QED) is 0.551. The highest BCUT2D eigenvalue weighted by atomic mass is 35.5. The Kier molecular flexibility index (Phi) is 6.93. The molecule has 0 unspecified atom stereocenters. The lowest BCUT2D eigenvalue weighted by Crippen LogP contribution is -2.37. The lowest BCUT2D eigenvalue weighted by molar-refractivity contribution is 0.240. The van der Waals surface area contributed by atoms with Gasteiger partial charge in [-0.15, -0.1) is 0 Å². The van der Waals surface area contributed by atoms with Crippen LogP contribution in [-0.2, 0) is 6.42 Å². The van der Waals surface area contributed by atoms with Crippen molar-refractivity contribution in [1.82, 2.24) is 20.0 Å². The Bertz CT molecular complexity index is 831. The maximum atomic E-state index is 11.8. The third-order valence-corrected chi connectivity index (χ3v) is 4.27. The summed E-state index contributed by atoms with van der Waals surface area (Å²) in [4.78, 5) is 16.3. The largest absolute Gasteiger partial charge is 0.494 e. The number of rotatable bonds is 9. The summed E-state index contributed by atoms with van der Waals surface area (Å²) in [5.41, 5.74) is 1.87. The van der Waals surface area contributed by atoms with E-state index in [4.69, 9.17) is 16.3 Å². The third kappa shape index (κ3) is 6.18. The lowest BCUT2D eigenvalue weighted by Gasteiger charge is -2.08. The summed E-state index contributed by atoms with van der Waals surface area (Å²) in [7, 11) is 0. The van der Waals surface area contributed by atoms with Gasteiger partial charge in [-0.25, -0.2) is 9.78 Å². The highest BCUT2D eigenvalue weighted by molar-refractivity contribution is 6.30. The minimum atomic E-state index is -0.155. The Balaban J connectivity index is 1.24. The number of carbonyl (C=O) groups is 1. The number of urea groups is 1.